The first-order chi connectivity index (χ1) is 11.3. The molecule has 0 radical (unpaired) electrons. The number of piperidine rings is 1. The number of β-amino-alcohol motifs (C(OH)–C–C–N with tert-alkyl or cyclic N) is 1. The zero-order valence-electron chi connectivity index (χ0n) is 14.3. The molecule has 25 heavy (non-hydrogen) atoms. The third kappa shape index (κ3) is 5.69. The van der Waals surface area contributed by atoms with Crippen LogP contribution in [0.2, 0.25) is 0 Å². The Hall–Kier alpha value is -1.11. The zero-order valence-corrected chi connectivity index (χ0v) is 15.9. The minimum Gasteiger partial charge on any atom is -0.389 e. The number of likely N-dealkylation sites (tertiary alicyclic amines) is 1. The van der Waals surface area contributed by atoms with Crippen molar-refractivity contribution >= 4 is 37.6 Å². The number of rotatable bonds is 6. The van der Waals surface area contributed by atoms with E-state index < -0.39 is 6.10 Å². The molecule has 3 rings (SSSR count). The predicted octanol–water partition coefficient (Wildman–Crippen LogP) is 3.29. The molecule has 0 saturated carbocycles. The second-order valence-electron chi connectivity index (χ2n) is 6.17. The Morgan fingerprint density at radius 2 is 1.92 bits per heavy atom. The maximum atomic E-state index is 10.2. The van der Waals surface area contributed by atoms with Crippen LogP contribution >= 0.6 is 24.8 Å². The Kier molecular flexibility index (Phi) is 9.46. The van der Waals surface area contributed by atoms with Crippen molar-refractivity contribution in [1.29, 1.82) is 0 Å². The molecule has 0 amide bonds. The number of aliphatic imine (C=N–C) groups is 1. The lowest BCUT2D eigenvalue weighted by atomic mass is 10.0. The summed E-state index contributed by atoms with van der Waals surface area (Å²) in [5, 5.41) is 11.9. The van der Waals surface area contributed by atoms with Gasteiger partial charge in [0.05, 0.1) is 6.10 Å². The van der Waals surface area contributed by atoms with Crippen molar-refractivity contribution in [2.45, 2.75) is 31.5 Å². The Bertz CT molecular complexity index is 565. The van der Waals surface area contributed by atoms with Gasteiger partial charge in [0, 0.05) is 18.3 Å². The number of fused-ring (bicyclic) bond motifs is 1. The number of aliphatic hydroxyl groups excluding tert-OH is 1. The summed E-state index contributed by atoms with van der Waals surface area (Å²) in [6.07, 6.45) is 6.84. The van der Waals surface area contributed by atoms with Crippen LogP contribution in [0, 0.1) is 0 Å². The molecule has 2 aliphatic rings. The van der Waals surface area contributed by atoms with E-state index in [2.05, 4.69) is 16.6 Å². The highest BCUT2D eigenvalue weighted by atomic mass is 35.5. The average Bonchev–Trinajstić information content (AvgIpc) is 2.60. The van der Waals surface area contributed by atoms with Crippen LogP contribution in [-0.2, 0) is 4.84 Å². The first kappa shape index (κ1) is 21.9. The summed E-state index contributed by atoms with van der Waals surface area (Å²) in [4.78, 5) is 12.3. The van der Waals surface area contributed by atoms with Crippen molar-refractivity contribution in [3.05, 3.63) is 41.6 Å². The van der Waals surface area contributed by atoms with E-state index >= 15 is 0 Å². The lowest BCUT2D eigenvalue weighted by Crippen LogP contribution is -2.39. The monoisotopic (exact) mass is 387 g/mol. The van der Waals surface area contributed by atoms with Crippen LogP contribution < -0.4 is 0 Å². The second-order valence-corrected chi connectivity index (χ2v) is 6.17. The SMILES string of the molecule is C=NC1c2ccccc2C=CN1OCC(O)CN1CCCCC1.Cl.Cl. The molecular weight excluding hydrogens is 361 g/mol. The number of aliphatic hydroxyl groups is 1. The van der Waals surface area contributed by atoms with Crippen molar-refractivity contribution in [3.63, 3.8) is 0 Å². The molecule has 0 spiro atoms. The summed E-state index contributed by atoms with van der Waals surface area (Å²) >= 11 is 0. The topological polar surface area (TPSA) is 48.3 Å². The van der Waals surface area contributed by atoms with Gasteiger partial charge in [-0.3, -0.25) is 9.83 Å². The molecular formula is C18H27Cl2N3O2. The van der Waals surface area contributed by atoms with Gasteiger partial charge in [0.25, 0.3) is 0 Å². The Labute approximate surface area is 162 Å². The van der Waals surface area contributed by atoms with Gasteiger partial charge in [0.15, 0.2) is 6.17 Å². The highest BCUT2D eigenvalue weighted by Crippen LogP contribution is 2.30. The average molecular weight is 388 g/mol. The fourth-order valence-electron chi connectivity index (χ4n) is 3.23. The van der Waals surface area contributed by atoms with Crippen LogP contribution in [0.15, 0.2) is 35.5 Å². The van der Waals surface area contributed by atoms with Gasteiger partial charge in [-0.2, -0.15) is 0 Å². The molecule has 140 valence electrons. The molecule has 2 unspecified atom stereocenters. The molecule has 7 heteroatoms. The summed E-state index contributed by atoms with van der Waals surface area (Å²) in [7, 11) is 0. The molecule has 0 aliphatic carbocycles. The van der Waals surface area contributed by atoms with Crippen LogP contribution in [0.3, 0.4) is 0 Å². The summed E-state index contributed by atoms with van der Waals surface area (Å²) < 4.78 is 0. The highest BCUT2D eigenvalue weighted by molar-refractivity contribution is 5.85. The minimum absolute atomic E-state index is 0. The van der Waals surface area contributed by atoms with E-state index in [0.717, 1.165) is 24.2 Å². The van der Waals surface area contributed by atoms with Gasteiger partial charge in [0.1, 0.15) is 6.61 Å². The van der Waals surface area contributed by atoms with Crippen LogP contribution in [-0.4, -0.2) is 54.1 Å². The standard InChI is InChI=1S/C18H25N3O2.2ClH/c1-19-18-17-8-4-3-7-15(17)9-12-21(18)23-14-16(22)13-20-10-5-2-6-11-20;;/h3-4,7-9,12,16,18,22H,1-2,5-6,10-11,13-14H2;2*1H. The number of hydrogen-bond donors (Lipinski definition) is 1. The van der Waals surface area contributed by atoms with E-state index in [-0.39, 0.29) is 37.6 Å². The maximum absolute atomic E-state index is 10.2. The van der Waals surface area contributed by atoms with E-state index in [4.69, 9.17) is 4.84 Å². The van der Waals surface area contributed by atoms with Crippen molar-refractivity contribution in [2.24, 2.45) is 4.99 Å². The van der Waals surface area contributed by atoms with Gasteiger partial charge in [-0.25, -0.2) is 5.06 Å². The van der Waals surface area contributed by atoms with Crippen molar-refractivity contribution in [3.8, 4) is 0 Å². The molecule has 2 heterocycles. The quantitative estimate of drug-likeness (QED) is 0.760. The van der Waals surface area contributed by atoms with Crippen molar-refractivity contribution < 1.29 is 9.94 Å². The fraction of sp³-hybridized carbons (Fsp3) is 0.500. The zero-order chi connectivity index (χ0) is 16.1. The van der Waals surface area contributed by atoms with Crippen LogP contribution in [0.1, 0.15) is 36.6 Å². The molecule has 1 saturated heterocycles. The fourth-order valence-corrected chi connectivity index (χ4v) is 3.23. The molecule has 1 aromatic rings. The third-order valence-corrected chi connectivity index (χ3v) is 4.42. The van der Waals surface area contributed by atoms with Crippen molar-refractivity contribution in [1.82, 2.24) is 9.96 Å². The summed E-state index contributed by atoms with van der Waals surface area (Å²) in [6, 6.07) is 8.06. The maximum Gasteiger partial charge on any atom is 0.170 e. The second kappa shape index (κ2) is 10.8. The van der Waals surface area contributed by atoms with E-state index in [9.17, 15) is 5.11 Å². The molecule has 1 fully saturated rings. The van der Waals surface area contributed by atoms with E-state index in [1.807, 2.05) is 36.5 Å². The Balaban J connectivity index is 0.00000156. The van der Waals surface area contributed by atoms with Crippen LogP contribution in [0.5, 0.6) is 0 Å². The van der Waals surface area contributed by atoms with Gasteiger partial charge in [-0.05, 0) is 44.3 Å². The molecule has 1 aromatic carbocycles. The number of benzene rings is 1. The molecule has 5 nitrogen and oxygen atoms in total. The number of nitrogens with zero attached hydrogens (tertiary/aromatic N) is 3. The first-order valence-corrected chi connectivity index (χ1v) is 8.32. The van der Waals surface area contributed by atoms with E-state index in [1.54, 1.807) is 5.06 Å². The summed E-state index contributed by atoms with van der Waals surface area (Å²) in [6.45, 7) is 6.75. The van der Waals surface area contributed by atoms with Gasteiger partial charge in [-0.1, -0.05) is 30.7 Å². The van der Waals surface area contributed by atoms with Gasteiger partial charge in [0.2, 0.25) is 0 Å². The van der Waals surface area contributed by atoms with Gasteiger partial charge >= 0.3 is 0 Å². The largest absolute Gasteiger partial charge is 0.389 e. The highest BCUT2D eigenvalue weighted by Gasteiger charge is 2.24. The summed E-state index contributed by atoms with van der Waals surface area (Å²) in [5.74, 6) is 0. The smallest absolute Gasteiger partial charge is 0.170 e. The number of halogens is 2. The Morgan fingerprint density at radius 1 is 1.20 bits per heavy atom. The number of hydroxylamine groups is 2. The predicted molar refractivity (Wildman–Crippen MR) is 106 cm³/mol. The normalized spacial score (nSPS) is 20.8. The van der Waals surface area contributed by atoms with E-state index in [0.29, 0.717) is 6.54 Å². The van der Waals surface area contributed by atoms with Gasteiger partial charge in [-0.15, -0.1) is 24.8 Å². The molecule has 2 aliphatic heterocycles. The number of hydrogen-bond acceptors (Lipinski definition) is 5. The van der Waals surface area contributed by atoms with E-state index in [1.165, 1.54) is 19.3 Å². The van der Waals surface area contributed by atoms with Crippen molar-refractivity contribution in [2.75, 3.05) is 26.2 Å². The minimum atomic E-state index is -0.496. The van der Waals surface area contributed by atoms with Crippen LogP contribution in [0.4, 0.5) is 0 Å². The molecule has 1 N–H and O–H groups in total. The lowest BCUT2D eigenvalue weighted by molar-refractivity contribution is -0.171. The third-order valence-electron chi connectivity index (χ3n) is 4.42. The van der Waals surface area contributed by atoms with Crippen LogP contribution in [0.25, 0.3) is 6.08 Å². The van der Waals surface area contributed by atoms with Gasteiger partial charge < -0.3 is 10.0 Å². The molecule has 0 bridgehead atoms. The first-order valence-electron chi connectivity index (χ1n) is 8.32. The summed E-state index contributed by atoms with van der Waals surface area (Å²) in [5.41, 5.74) is 2.19. The Morgan fingerprint density at radius 3 is 2.64 bits per heavy atom. The lowest BCUT2D eigenvalue weighted by Gasteiger charge is -2.32. The molecule has 2 atom stereocenters. The molecule has 0 aromatic heterocycles.